The molecule has 1 aromatic carbocycles. The maximum atomic E-state index is 12.4. The highest BCUT2D eigenvalue weighted by atomic mass is 35.5. The summed E-state index contributed by atoms with van der Waals surface area (Å²) >= 11 is 26.3. The lowest BCUT2D eigenvalue weighted by Gasteiger charge is -2.07. The van der Waals surface area contributed by atoms with Gasteiger partial charge in [-0.25, -0.2) is 4.98 Å². The third-order valence-electron chi connectivity index (χ3n) is 3.27. The van der Waals surface area contributed by atoms with Gasteiger partial charge >= 0.3 is 0 Å². The number of nitrogens with one attached hydrogen (secondary N) is 1. The maximum absolute atomic E-state index is 12.4. The molecule has 28 heavy (non-hydrogen) atoms. The molecule has 0 aliphatic rings. The van der Waals surface area contributed by atoms with Crippen molar-refractivity contribution in [2.24, 2.45) is 0 Å². The Kier molecular flexibility index (Phi) is 6.99. The van der Waals surface area contributed by atoms with Crippen LogP contribution in [0.15, 0.2) is 28.6 Å². The van der Waals surface area contributed by atoms with E-state index in [0.717, 1.165) is 5.56 Å². The van der Waals surface area contributed by atoms with Crippen molar-refractivity contribution in [2.75, 3.05) is 5.32 Å². The number of hydrogen-bond donors (Lipinski definition) is 1. The van der Waals surface area contributed by atoms with Crippen LogP contribution in [0.2, 0.25) is 20.2 Å². The molecule has 3 aromatic rings. The number of pyridine rings is 1. The number of rotatable bonds is 5. The second kappa shape index (κ2) is 9.27. The molecule has 12 heteroatoms. The number of hydrogen-bond acceptors (Lipinski definition) is 7. The predicted octanol–water partition coefficient (Wildman–Crippen LogP) is 5.96. The minimum Gasteiger partial charge on any atom is -0.295 e. The van der Waals surface area contributed by atoms with Crippen molar-refractivity contribution in [3.63, 3.8) is 0 Å². The van der Waals surface area contributed by atoms with E-state index in [1.54, 1.807) is 12.1 Å². The SMILES string of the molecule is N#Cc1ccc(CSc2nnc(NC(=O)c3nc(Cl)c(Cl)c(Cl)c3Cl)s2)cc1. The first-order valence-electron chi connectivity index (χ1n) is 7.35. The van der Waals surface area contributed by atoms with Crippen molar-refractivity contribution in [1.82, 2.24) is 15.2 Å². The van der Waals surface area contributed by atoms with E-state index in [1.165, 1.54) is 23.1 Å². The lowest BCUT2D eigenvalue weighted by molar-refractivity contribution is 0.102. The largest absolute Gasteiger partial charge is 0.295 e. The van der Waals surface area contributed by atoms with E-state index in [0.29, 0.717) is 15.7 Å². The molecule has 6 nitrogen and oxygen atoms in total. The van der Waals surface area contributed by atoms with Gasteiger partial charge in [-0.2, -0.15) is 5.26 Å². The van der Waals surface area contributed by atoms with Crippen LogP contribution < -0.4 is 5.32 Å². The molecule has 2 aromatic heterocycles. The van der Waals surface area contributed by atoms with Gasteiger partial charge in [0.15, 0.2) is 10.0 Å². The first-order valence-corrected chi connectivity index (χ1v) is 10.7. The first-order chi connectivity index (χ1) is 13.4. The van der Waals surface area contributed by atoms with E-state index in [-0.39, 0.29) is 31.0 Å². The number of carbonyl (C=O) groups is 1. The summed E-state index contributed by atoms with van der Waals surface area (Å²) in [5.41, 5.74) is 1.47. The highest BCUT2D eigenvalue weighted by molar-refractivity contribution is 8.00. The molecule has 0 fully saturated rings. The van der Waals surface area contributed by atoms with Gasteiger partial charge in [0.1, 0.15) is 5.15 Å². The van der Waals surface area contributed by atoms with Gasteiger partial charge in [-0.3, -0.25) is 10.1 Å². The zero-order chi connectivity index (χ0) is 20.3. The monoisotopic (exact) mass is 489 g/mol. The molecular formula is C16H7Cl4N5OS2. The summed E-state index contributed by atoms with van der Waals surface area (Å²) in [5, 5.41) is 19.3. The summed E-state index contributed by atoms with van der Waals surface area (Å²) in [6.45, 7) is 0. The van der Waals surface area contributed by atoms with E-state index >= 15 is 0 Å². The quantitative estimate of drug-likeness (QED) is 0.269. The molecule has 0 unspecified atom stereocenters. The van der Waals surface area contributed by atoms with Crippen LogP contribution in [0.25, 0.3) is 0 Å². The predicted molar refractivity (Wildman–Crippen MR) is 113 cm³/mol. The fourth-order valence-electron chi connectivity index (χ4n) is 1.93. The molecule has 0 bridgehead atoms. The lowest BCUT2D eigenvalue weighted by Crippen LogP contribution is -2.14. The molecule has 0 atom stereocenters. The van der Waals surface area contributed by atoms with Crippen LogP contribution in [0.3, 0.4) is 0 Å². The number of nitrogens with zero attached hydrogens (tertiary/aromatic N) is 4. The Morgan fingerprint density at radius 2 is 1.82 bits per heavy atom. The van der Waals surface area contributed by atoms with Crippen LogP contribution in [-0.4, -0.2) is 21.1 Å². The van der Waals surface area contributed by atoms with Crippen molar-refractivity contribution in [2.45, 2.75) is 10.1 Å². The van der Waals surface area contributed by atoms with Crippen molar-refractivity contribution in [3.8, 4) is 6.07 Å². The minimum absolute atomic E-state index is 0.0257. The van der Waals surface area contributed by atoms with Crippen LogP contribution in [0.4, 0.5) is 5.13 Å². The summed E-state index contributed by atoms with van der Waals surface area (Å²) in [5.74, 6) is 0.00891. The van der Waals surface area contributed by atoms with E-state index in [9.17, 15) is 4.79 Å². The molecule has 1 amide bonds. The Bertz CT molecular complexity index is 1080. The number of benzene rings is 1. The number of anilines is 1. The van der Waals surface area contributed by atoms with Gasteiger partial charge in [0, 0.05) is 5.75 Å². The van der Waals surface area contributed by atoms with Crippen LogP contribution >= 0.6 is 69.5 Å². The van der Waals surface area contributed by atoms with Crippen molar-refractivity contribution in [3.05, 3.63) is 61.3 Å². The van der Waals surface area contributed by atoms with Crippen molar-refractivity contribution >= 4 is 80.5 Å². The average molecular weight is 491 g/mol. The highest BCUT2D eigenvalue weighted by Gasteiger charge is 2.21. The van der Waals surface area contributed by atoms with Gasteiger partial charge in [-0.1, -0.05) is 81.6 Å². The maximum Gasteiger partial charge on any atom is 0.277 e. The number of halogens is 4. The lowest BCUT2D eigenvalue weighted by atomic mass is 10.2. The number of carbonyl (C=O) groups excluding carboxylic acids is 1. The van der Waals surface area contributed by atoms with E-state index in [2.05, 4.69) is 26.6 Å². The second-order valence-corrected chi connectivity index (χ2v) is 8.81. The molecule has 142 valence electrons. The second-order valence-electron chi connectivity index (χ2n) is 5.12. The van der Waals surface area contributed by atoms with E-state index in [4.69, 9.17) is 51.7 Å². The normalized spacial score (nSPS) is 10.5. The van der Waals surface area contributed by atoms with Gasteiger partial charge in [0.05, 0.1) is 26.7 Å². The number of amides is 1. The fraction of sp³-hybridized carbons (Fsp3) is 0.0625. The summed E-state index contributed by atoms with van der Waals surface area (Å²) in [6, 6.07) is 9.32. The molecule has 2 heterocycles. The number of nitriles is 1. The Balaban J connectivity index is 1.66. The van der Waals surface area contributed by atoms with E-state index in [1.807, 2.05) is 12.1 Å². The minimum atomic E-state index is -0.634. The molecular weight excluding hydrogens is 484 g/mol. The summed E-state index contributed by atoms with van der Waals surface area (Å²) < 4.78 is 0.658. The Hall–Kier alpha value is -1.60. The van der Waals surface area contributed by atoms with Crippen LogP contribution in [0.5, 0.6) is 0 Å². The molecule has 0 aliphatic heterocycles. The summed E-state index contributed by atoms with van der Waals surface area (Å²) in [4.78, 5) is 16.2. The molecule has 0 radical (unpaired) electrons. The smallest absolute Gasteiger partial charge is 0.277 e. The Morgan fingerprint density at radius 3 is 2.50 bits per heavy atom. The number of aromatic nitrogens is 3. The average Bonchev–Trinajstić information content (AvgIpc) is 3.15. The summed E-state index contributed by atoms with van der Waals surface area (Å²) in [6.07, 6.45) is 0. The third kappa shape index (κ3) is 4.87. The van der Waals surface area contributed by atoms with Crippen molar-refractivity contribution in [1.29, 1.82) is 5.26 Å². The third-order valence-corrected chi connectivity index (χ3v) is 6.99. The van der Waals surface area contributed by atoms with Gasteiger partial charge in [0.2, 0.25) is 5.13 Å². The zero-order valence-electron chi connectivity index (χ0n) is 13.5. The Morgan fingerprint density at radius 1 is 1.11 bits per heavy atom. The van der Waals surface area contributed by atoms with E-state index < -0.39 is 5.91 Å². The fourth-order valence-corrected chi connectivity index (χ4v) is 4.45. The van der Waals surface area contributed by atoms with Crippen LogP contribution in [0.1, 0.15) is 21.6 Å². The van der Waals surface area contributed by atoms with Crippen molar-refractivity contribution < 1.29 is 4.79 Å². The molecule has 0 saturated carbocycles. The number of thioether (sulfide) groups is 1. The van der Waals surface area contributed by atoms with Gasteiger partial charge < -0.3 is 0 Å². The molecule has 3 rings (SSSR count). The standard InChI is InChI=1S/C16H7Cl4N5OS2/c17-9-10(18)12(22-13(20)11(9)19)14(26)23-15-24-25-16(28-15)27-6-8-3-1-7(5-21)2-4-8/h1-4H,6H2,(H,23,24,26). The first kappa shape index (κ1) is 21.1. The van der Waals surface area contributed by atoms with Crippen LogP contribution in [0, 0.1) is 11.3 Å². The summed E-state index contributed by atoms with van der Waals surface area (Å²) in [7, 11) is 0. The molecule has 0 saturated heterocycles. The molecule has 0 aliphatic carbocycles. The molecule has 0 spiro atoms. The van der Waals surface area contributed by atoms with Crippen LogP contribution in [-0.2, 0) is 5.75 Å². The zero-order valence-corrected chi connectivity index (χ0v) is 18.2. The Labute approximate surface area is 187 Å². The topological polar surface area (TPSA) is 91.6 Å². The molecule has 1 N–H and O–H groups in total. The highest BCUT2D eigenvalue weighted by Crippen LogP contribution is 2.36. The van der Waals surface area contributed by atoms with Gasteiger partial charge in [0.25, 0.3) is 5.91 Å². The van der Waals surface area contributed by atoms with Gasteiger partial charge in [-0.15, -0.1) is 10.2 Å². The van der Waals surface area contributed by atoms with Gasteiger partial charge in [-0.05, 0) is 17.7 Å².